The summed E-state index contributed by atoms with van der Waals surface area (Å²) in [7, 11) is -4.24. The summed E-state index contributed by atoms with van der Waals surface area (Å²) in [5.74, 6) is 0.850. The highest BCUT2D eigenvalue weighted by molar-refractivity contribution is 7.85. The van der Waals surface area contributed by atoms with Gasteiger partial charge in [-0.3, -0.25) is 4.55 Å². The van der Waals surface area contributed by atoms with Gasteiger partial charge >= 0.3 is 0 Å². The number of nitrogens with one attached hydrogen (secondary N) is 2. The number of fused-ring (bicyclic) bond motifs is 2. The normalized spacial score (nSPS) is 11.9. The third-order valence-electron chi connectivity index (χ3n) is 6.22. The molecule has 2 aromatic heterocycles. The average Bonchev–Trinajstić information content (AvgIpc) is 3.47. The molecule has 0 bridgehead atoms. The van der Waals surface area contributed by atoms with Gasteiger partial charge in [-0.15, -0.1) is 0 Å². The number of aromatic amines is 2. The molecule has 0 fully saturated rings. The predicted molar refractivity (Wildman–Crippen MR) is 139 cm³/mol. The maximum atomic E-state index is 11.4. The van der Waals surface area contributed by atoms with Crippen molar-refractivity contribution in [2.24, 2.45) is 0 Å². The van der Waals surface area contributed by atoms with Gasteiger partial charge in [0.15, 0.2) is 0 Å². The summed E-state index contributed by atoms with van der Waals surface area (Å²) in [5.41, 5.74) is 8.90. The molecule has 0 aliphatic carbocycles. The van der Waals surface area contributed by atoms with Crippen LogP contribution in [0.25, 0.3) is 55.7 Å². The molecule has 172 valence electrons. The first-order chi connectivity index (χ1) is 16.8. The van der Waals surface area contributed by atoms with Crippen LogP contribution in [0.1, 0.15) is 5.56 Å². The fraction of sp³-hybridized carbons (Fsp3) is 0.0357. The van der Waals surface area contributed by atoms with Crippen LogP contribution in [0, 0.1) is 6.92 Å². The van der Waals surface area contributed by atoms with Gasteiger partial charge in [0.25, 0.3) is 10.1 Å². The molecule has 0 saturated carbocycles. The molecule has 35 heavy (non-hydrogen) atoms. The number of benzene rings is 4. The zero-order chi connectivity index (χ0) is 24.2. The van der Waals surface area contributed by atoms with Gasteiger partial charge in [0.2, 0.25) is 0 Å². The molecule has 2 heterocycles. The molecule has 0 aliphatic rings. The van der Waals surface area contributed by atoms with E-state index in [1.54, 1.807) is 6.07 Å². The van der Waals surface area contributed by atoms with Gasteiger partial charge in [-0.25, -0.2) is 4.98 Å². The van der Waals surface area contributed by atoms with Crippen LogP contribution in [0.4, 0.5) is 0 Å². The van der Waals surface area contributed by atoms with E-state index in [1.165, 1.54) is 17.7 Å². The van der Waals surface area contributed by atoms with Crippen molar-refractivity contribution in [2.75, 3.05) is 0 Å². The second kappa shape index (κ2) is 7.94. The van der Waals surface area contributed by atoms with E-state index in [9.17, 15) is 13.0 Å². The quantitative estimate of drug-likeness (QED) is 0.248. The fourth-order valence-electron chi connectivity index (χ4n) is 4.35. The Labute approximate surface area is 202 Å². The summed E-state index contributed by atoms with van der Waals surface area (Å²) < 4.78 is 32.1. The third kappa shape index (κ3) is 4.01. The van der Waals surface area contributed by atoms with E-state index in [4.69, 9.17) is 4.98 Å². The molecule has 0 unspecified atom stereocenters. The molecular weight excluding hydrogens is 458 g/mol. The minimum absolute atomic E-state index is 0.130. The highest BCUT2D eigenvalue weighted by Gasteiger charge is 2.12. The standard InChI is InChI=1S/C28H21N3O3S/c1-17-2-13-24-27(14-17)31-28(30-24)21-9-5-19(6-10-21)18-3-7-20(8-4-18)25-15-22-11-12-23(35(32,33)34)16-26(22)29-25/h2-16,29H,1H3,(H,30,31)(H,32,33,34). The van der Waals surface area contributed by atoms with E-state index in [2.05, 4.69) is 65.4 Å². The van der Waals surface area contributed by atoms with E-state index in [0.29, 0.717) is 5.52 Å². The number of aryl methyl sites for hydroxylation is 1. The number of imidazole rings is 1. The SMILES string of the molecule is Cc1ccc2nc(-c3ccc(-c4ccc(-c5cc6ccc(S(=O)(=O)O)cc6[nH]5)cc4)cc3)[nH]c2c1. The first kappa shape index (κ1) is 21.3. The Morgan fingerprint density at radius 3 is 2.03 bits per heavy atom. The summed E-state index contributed by atoms with van der Waals surface area (Å²) >= 11 is 0. The second-order valence-electron chi connectivity index (χ2n) is 8.67. The van der Waals surface area contributed by atoms with Crippen LogP contribution in [0.2, 0.25) is 0 Å². The smallest absolute Gasteiger partial charge is 0.294 e. The van der Waals surface area contributed by atoms with Crippen LogP contribution in [0.15, 0.2) is 95.9 Å². The largest absolute Gasteiger partial charge is 0.354 e. The Kier molecular flexibility index (Phi) is 4.84. The lowest BCUT2D eigenvalue weighted by atomic mass is 10.0. The Balaban J connectivity index is 1.26. The van der Waals surface area contributed by atoms with Crippen molar-refractivity contribution in [3.63, 3.8) is 0 Å². The van der Waals surface area contributed by atoms with Crippen molar-refractivity contribution < 1.29 is 13.0 Å². The van der Waals surface area contributed by atoms with Crippen LogP contribution < -0.4 is 0 Å². The molecule has 0 amide bonds. The molecule has 0 spiro atoms. The van der Waals surface area contributed by atoms with Gasteiger partial charge < -0.3 is 9.97 Å². The molecule has 0 saturated heterocycles. The average molecular weight is 480 g/mol. The molecule has 0 radical (unpaired) electrons. The Morgan fingerprint density at radius 1 is 0.686 bits per heavy atom. The van der Waals surface area contributed by atoms with Gasteiger partial charge in [0.05, 0.1) is 15.9 Å². The number of H-pyrrole nitrogens is 2. The topological polar surface area (TPSA) is 98.8 Å². The first-order valence-corrected chi connectivity index (χ1v) is 12.6. The number of hydrogen-bond acceptors (Lipinski definition) is 3. The van der Waals surface area contributed by atoms with Gasteiger partial charge in [0, 0.05) is 22.2 Å². The number of hydrogen-bond donors (Lipinski definition) is 3. The zero-order valence-corrected chi connectivity index (χ0v) is 19.6. The highest BCUT2D eigenvalue weighted by atomic mass is 32.2. The molecule has 0 atom stereocenters. The summed E-state index contributed by atoms with van der Waals surface area (Å²) in [6.45, 7) is 2.07. The summed E-state index contributed by atoms with van der Waals surface area (Å²) in [4.78, 5) is 11.2. The molecule has 7 heteroatoms. The van der Waals surface area contributed by atoms with Gasteiger partial charge in [-0.2, -0.15) is 8.42 Å². The summed E-state index contributed by atoms with van der Waals surface area (Å²) in [6.07, 6.45) is 0. The van der Waals surface area contributed by atoms with E-state index in [0.717, 1.165) is 50.2 Å². The van der Waals surface area contributed by atoms with E-state index in [-0.39, 0.29) is 4.90 Å². The van der Waals surface area contributed by atoms with Crippen LogP contribution in [0.5, 0.6) is 0 Å². The molecular formula is C28H21N3O3S. The lowest BCUT2D eigenvalue weighted by Gasteiger charge is -2.05. The van der Waals surface area contributed by atoms with Crippen LogP contribution >= 0.6 is 0 Å². The first-order valence-electron chi connectivity index (χ1n) is 11.1. The highest BCUT2D eigenvalue weighted by Crippen LogP contribution is 2.29. The van der Waals surface area contributed by atoms with Gasteiger partial charge in [0.1, 0.15) is 5.82 Å². The monoisotopic (exact) mass is 479 g/mol. The molecule has 4 aromatic carbocycles. The van der Waals surface area contributed by atoms with Crippen LogP contribution in [-0.4, -0.2) is 27.9 Å². The third-order valence-corrected chi connectivity index (χ3v) is 7.07. The number of nitrogens with zero attached hydrogens (tertiary/aromatic N) is 1. The van der Waals surface area contributed by atoms with Gasteiger partial charge in [-0.05, 0) is 59.5 Å². The molecule has 3 N–H and O–H groups in total. The fourth-order valence-corrected chi connectivity index (χ4v) is 4.85. The molecule has 0 aliphatic heterocycles. The molecule has 6 aromatic rings. The van der Waals surface area contributed by atoms with Crippen LogP contribution in [-0.2, 0) is 10.1 Å². The van der Waals surface area contributed by atoms with Gasteiger partial charge in [-0.1, -0.05) is 60.7 Å². The van der Waals surface area contributed by atoms with Crippen molar-refractivity contribution in [3.8, 4) is 33.8 Å². The lowest BCUT2D eigenvalue weighted by Crippen LogP contribution is -1.97. The zero-order valence-electron chi connectivity index (χ0n) is 18.8. The van der Waals surface area contributed by atoms with Crippen molar-refractivity contribution in [3.05, 3.63) is 96.6 Å². The molecule has 6 rings (SSSR count). The maximum absolute atomic E-state index is 11.4. The summed E-state index contributed by atoms with van der Waals surface area (Å²) in [6, 6.07) is 29.1. The van der Waals surface area contributed by atoms with Crippen molar-refractivity contribution in [1.82, 2.24) is 15.0 Å². The minimum Gasteiger partial charge on any atom is -0.354 e. The second-order valence-corrected chi connectivity index (χ2v) is 10.1. The Bertz CT molecular complexity index is 1810. The Morgan fingerprint density at radius 2 is 1.34 bits per heavy atom. The summed E-state index contributed by atoms with van der Waals surface area (Å²) in [5, 5.41) is 0.868. The van der Waals surface area contributed by atoms with Crippen molar-refractivity contribution in [2.45, 2.75) is 11.8 Å². The molecule has 6 nitrogen and oxygen atoms in total. The predicted octanol–water partition coefficient (Wildman–Crippen LogP) is 6.60. The van der Waals surface area contributed by atoms with Crippen LogP contribution in [0.3, 0.4) is 0 Å². The van der Waals surface area contributed by atoms with Crippen molar-refractivity contribution in [1.29, 1.82) is 0 Å². The van der Waals surface area contributed by atoms with E-state index < -0.39 is 10.1 Å². The number of aromatic nitrogens is 3. The van der Waals surface area contributed by atoms with Crippen molar-refractivity contribution >= 4 is 32.1 Å². The lowest BCUT2D eigenvalue weighted by molar-refractivity contribution is 0.483. The van der Waals surface area contributed by atoms with E-state index >= 15 is 0 Å². The Hall–Kier alpha value is -4.20. The minimum atomic E-state index is -4.24. The van der Waals surface area contributed by atoms with E-state index in [1.807, 2.05) is 24.3 Å². The number of rotatable bonds is 4. The maximum Gasteiger partial charge on any atom is 0.294 e.